The lowest BCUT2D eigenvalue weighted by atomic mass is 10.2. The van der Waals surface area contributed by atoms with Gasteiger partial charge >= 0.3 is 0 Å². The molecule has 0 amide bonds. The van der Waals surface area contributed by atoms with Gasteiger partial charge in [0, 0.05) is 4.70 Å². The number of phenolic OH excluding ortho intramolecular Hbond substituents is 1. The molecule has 1 aromatic carbocycles. The van der Waals surface area contributed by atoms with E-state index in [2.05, 4.69) is 0 Å². The molecule has 0 saturated carbocycles. The topological polar surface area (TPSA) is 55.5 Å². The van der Waals surface area contributed by atoms with Gasteiger partial charge in [-0.2, -0.15) is 0 Å². The number of aromatic hydroxyl groups is 1. The third-order valence-electron chi connectivity index (χ3n) is 1.93. The molecule has 0 spiro atoms. The zero-order valence-electron chi connectivity index (χ0n) is 7.78. The van der Waals surface area contributed by atoms with Crippen molar-refractivity contribution in [2.24, 2.45) is 0 Å². The Morgan fingerprint density at radius 2 is 2.21 bits per heavy atom. The molecule has 3 nitrogen and oxygen atoms in total. The maximum Gasteiger partial charge on any atom is 0.174 e. The van der Waals surface area contributed by atoms with Gasteiger partial charge in [-0.15, -0.1) is 0 Å². The molecule has 0 bridgehead atoms. The van der Waals surface area contributed by atoms with Gasteiger partial charge < -0.3 is 15.6 Å². The summed E-state index contributed by atoms with van der Waals surface area (Å²) in [7, 11) is 0. The van der Waals surface area contributed by atoms with Crippen molar-refractivity contribution >= 4 is 27.1 Å². The van der Waals surface area contributed by atoms with E-state index in [0.717, 1.165) is 15.1 Å². The molecule has 1 heterocycles. The number of phenols is 1. The van der Waals surface area contributed by atoms with Crippen LogP contribution in [0, 0.1) is 0 Å². The van der Waals surface area contributed by atoms with Gasteiger partial charge in [0.25, 0.3) is 0 Å². The molecule has 2 aromatic rings. The summed E-state index contributed by atoms with van der Waals surface area (Å²) in [6.07, 6.45) is 0. The normalized spacial score (nSPS) is 10.6. The molecule has 0 fully saturated rings. The van der Waals surface area contributed by atoms with E-state index in [1.807, 2.05) is 13.0 Å². The summed E-state index contributed by atoms with van der Waals surface area (Å²) in [5.41, 5.74) is 5.98. The largest absolute Gasteiger partial charge is 0.506 e. The van der Waals surface area contributed by atoms with Crippen molar-refractivity contribution in [3.63, 3.8) is 0 Å². The molecule has 0 saturated heterocycles. The first-order valence-electron chi connectivity index (χ1n) is 4.35. The molecule has 4 heteroatoms. The summed E-state index contributed by atoms with van der Waals surface area (Å²) in [5, 5.41) is 11.3. The van der Waals surface area contributed by atoms with Gasteiger partial charge in [-0.25, -0.2) is 0 Å². The second kappa shape index (κ2) is 3.38. The van der Waals surface area contributed by atoms with E-state index in [0.29, 0.717) is 12.3 Å². The maximum atomic E-state index is 9.40. The Morgan fingerprint density at radius 3 is 2.93 bits per heavy atom. The number of benzene rings is 1. The molecule has 3 N–H and O–H groups in total. The number of fused-ring (bicyclic) bond motifs is 1. The number of nitrogen functional groups attached to an aromatic ring is 1. The monoisotopic (exact) mass is 209 g/mol. The fourth-order valence-corrected chi connectivity index (χ4v) is 2.27. The van der Waals surface area contributed by atoms with Crippen molar-refractivity contribution in [2.45, 2.75) is 6.92 Å². The first-order chi connectivity index (χ1) is 6.70. The molecule has 74 valence electrons. The number of thiophene rings is 1. The van der Waals surface area contributed by atoms with Crippen LogP contribution in [0.25, 0.3) is 10.1 Å². The number of nitrogens with two attached hydrogens (primary N) is 1. The fourth-order valence-electron chi connectivity index (χ4n) is 1.28. The number of hydrogen-bond acceptors (Lipinski definition) is 4. The van der Waals surface area contributed by atoms with Crippen molar-refractivity contribution in [1.29, 1.82) is 0 Å². The molecular weight excluding hydrogens is 198 g/mol. The maximum absolute atomic E-state index is 9.40. The van der Waals surface area contributed by atoms with E-state index in [1.54, 1.807) is 12.1 Å². The smallest absolute Gasteiger partial charge is 0.174 e. The first-order valence-corrected chi connectivity index (χ1v) is 5.17. The van der Waals surface area contributed by atoms with Crippen LogP contribution in [0.5, 0.6) is 10.8 Å². The average molecular weight is 209 g/mol. The molecule has 14 heavy (non-hydrogen) atoms. The van der Waals surface area contributed by atoms with Crippen LogP contribution >= 0.6 is 11.3 Å². The summed E-state index contributed by atoms with van der Waals surface area (Å²) in [6, 6.07) is 5.35. The predicted molar refractivity (Wildman–Crippen MR) is 59.1 cm³/mol. The SMILES string of the molecule is CCOc1cc2cc(N)c(O)cc2s1. The van der Waals surface area contributed by atoms with E-state index >= 15 is 0 Å². The lowest BCUT2D eigenvalue weighted by Gasteiger charge is -1.96. The minimum Gasteiger partial charge on any atom is -0.506 e. The van der Waals surface area contributed by atoms with E-state index in [4.69, 9.17) is 10.5 Å². The first kappa shape index (κ1) is 9.15. The van der Waals surface area contributed by atoms with Crippen LogP contribution in [0.1, 0.15) is 6.92 Å². The van der Waals surface area contributed by atoms with Crippen LogP contribution in [0.4, 0.5) is 5.69 Å². The molecule has 0 atom stereocenters. The molecule has 0 radical (unpaired) electrons. The van der Waals surface area contributed by atoms with Crippen molar-refractivity contribution < 1.29 is 9.84 Å². The van der Waals surface area contributed by atoms with Crippen LogP contribution in [-0.2, 0) is 0 Å². The van der Waals surface area contributed by atoms with Gasteiger partial charge in [0.1, 0.15) is 5.75 Å². The zero-order chi connectivity index (χ0) is 10.1. The molecule has 0 aliphatic carbocycles. The third kappa shape index (κ3) is 1.48. The number of ether oxygens (including phenoxy) is 1. The van der Waals surface area contributed by atoms with Crippen LogP contribution in [0.15, 0.2) is 18.2 Å². The van der Waals surface area contributed by atoms with Gasteiger partial charge in [-0.05, 0) is 30.5 Å². The van der Waals surface area contributed by atoms with Gasteiger partial charge in [0.05, 0.1) is 12.3 Å². The van der Waals surface area contributed by atoms with Gasteiger partial charge in [-0.1, -0.05) is 11.3 Å². The summed E-state index contributed by atoms with van der Waals surface area (Å²) in [5.74, 6) is 0.127. The highest BCUT2D eigenvalue weighted by Crippen LogP contribution is 2.36. The highest BCUT2D eigenvalue weighted by Gasteiger charge is 2.05. The molecular formula is C10H11NO2S. The van der Waals surface area contributed by atoms with E-state index in [1.165, 1.54) is 11.3 Å². The summed E-state index contributed by atoms with van der Waals surface area (Å²) >= 11 is 1.51. The Hall–Kier alpha value is -1.42. The second-order valence-electron chi connectivity index (χ2n) is 2.95. The highest BCUT2D eigenvalue weighted by atomic mass is 32.1. The predicted octanol–water partition coefficient (Wildman–Crippen LogP) is 2.59. The molecule has 2 rings (SSSR count). The number of anilines is 1. The van der Waals surface area contributed by atoms with Gasteiger partial charge in [0.2, 0.25) is 0 Å². The second-order valence-corrected chi connectivity index (χ2v) is 3.99. The standard InChI is InChI=1S/C10H11NO2S/c1-2-13-10-4-6-3-7(11)8(12)5-9(6)14-10/h3-5,12H,2,11H2,1H3. The van der Waals surface area contributed by atoms with Gasteiger partial charge in [-0.3, -0.25) is 0 Å². The van der Waals surface area contributed by atoms with E-state index in [-0.39, 0.29) is 5.75 Å². The Balaban J connectivity index is 2.54. The van der Waals surface area contributed by atoms with Crippen LogP contribution in [-0.4, -0.2) is 11.7 Å². The molecule has 0 aliphatic rings. The summed E-state index contributed by atoms with van der Waals surface area (Å²) in [6.45, 7) is 2.59. The quantitative estimate of drug-likeness (QED) is 0.590. The molecule has 1 aromatic heterocycles. The van der Waals surface area contributed by atoms with Crippen LogP contribution in [0.3, 0.4) is 0 Å². The van der Waals surface area contributed by atoms with Crippen molar-refractivity contribution in [1.82, 2.24) is 0 Å². The molecule has 0 unspecified atom stereocenters. The van der Waals surface area contributed by atoms with Crippen molar-refractivity contribution in [3.8, 4) is 10.8 Å². The van der Waals surface area contributed by atoms with Gasteiger partial charge in [0.15, 0.2) is 5.06 Å². The Labute approximate surface area is 85.7 Å². The number of rotatable bonds is 2. The lowest BCUT2D eigenvalue weighted by molar-refractivity contribution is 0.350. The summed E-state index contributed by atoms with van der Waals surface area (Å²) < 4.78 is 6.35. The zero-order valence-corrected chi connectivity index (χ0v) is 8.60. The van der Waals surface area contributed by atoms with E-state index in [9.17, 15) is 5.11 Å². The minimum atomic E-state index is 0.127. The van der Waals surface area contributed by atoms with Crippen molar-refractivity contribution in [2.75, 3.05) is 12.3 Å². The lowest BCUT2D eigenvalue weighted by Crippen LogP contribution is -1.86. The fraction of sp³-hybridized carbons (Fsp3) is 0.200. The summed E-state index contributed by atoms with van der Waals surface area (Å²) in [4.78, 5) is 0. The Kier molecular flexibility index (Phi) is 2.21. The Bertz CT molecular complexity index is 425. The highest BCUT2D eigenvalue weighted by molar-refractivity contribution is 7.20. The average Bonchev–Trinajstić information content (AvgIpc) is 2.48. The van der Waals surface area contributed by atoms with Crippen LogP contribution < -0.4 is 10.5 Å². The number of hydrogen-bond donors (Lipinski definition) is 2. The molecule has 0 aliphatic heterocycles. The van der Waals surface area contributed by atoms with Crippen molar-refractivity contribution in [3.05, 3.63) is 18.2 Å². The van der Waals surface area contributed by atoms with E-state index < -0.39 is 0 Å². The minimum absolute atomic E-state index is 0.127. The Morgan fingerprint density at radius 1 is 1.43 bits per heavy atom. The van der Waals surface area contributed by atoms with Crippen LogP contribution in [0.2, 0.25) is 0 Å². The third-order valence-corrected chi connectivity index (χ3v) is 2.94.